The van der Waals surface area contributed by atoms with E-state index in [9.17, 15) is 4.79 Å². The first-order valence-corrected chi connectivity index (χ1v) is 4.30. The smallest absolute Gasteiger partial charge is 0.338 e. The third kappa shape index (κ3) is 1.16. The predicted molar refractivity (Wildman–Crippen MR) is 49.5 cm³/mol. The monoisotopic (exact) mass is 231 g/mol. The second kappa shape index (κ2) is 2.94. The Morgan fingerprint density at radius 3 is 2.08 bits per heavy atom. The number of rotatable bonds is 1. The Balaban J connectivity index is 3.48. The highest BCUT2D eigenvalue weighted by Crippen LogP contribution is 2.26. The summed E-state index contributed by atoms with van der Waals surface area (Å²) in [5.74, 6) is -0.886. The summed E-state index contributed by atoms with van der Waals surface area (Å²) >= 11 is 3.25. The van der Waals surface area contributed by atoms with E-state index in [4.69, 9.17) is 5.11 Å². The van der Waals surface area contributed by atoms with E-state index >= 15 is 0 Å². The number of carboxylic acid groups (broad SMARTS) is 1. The highest BCUT2D eigenvalue weighted by Gasteiger charge is 2.18. The van der Waals surface area contributed by atoms with Crippen LogP contribution in [0.1, 0.15) is 21.7 Å². The molecule has 1 rings (SSSR count). The minimum atomic E-state index is -0.886. The molecule has 0 aromatic carbocycles. The lowest BCUT2D eigenvalue weighted by Gasteiger charge is -1.97. The van der Waals surface area contributed by atoms with E-state index in [1.165, 1.54) is 0 Å². The van der Waals surface area contributed by atoms with E-state index in [0.717, 1.165) is 11.4 Å². The number of hydrogen-bond acceptors (Lipinski definition) is 1. The van der Waals surface area contributed by atoms with Crippen molar-refractivity contribution < 1.29 is 9.90 Å². The molecule has 3 nitrogen and oxygen atoms in total. The van der Waals surface area contributed by atoms with Gasteiger partial charge in [-0.05, 0) is 29.8 Å². The number of carbonyl (C=O) groups is 1. The summed E-state index contributed by atoms with van der Waals surface area (Å²) in [6, 6.07) is 0. The van der Waals surface area contributed by atoms with Crippen molar-refractivity contribution in [2.45, 2.75) is 13.8 Å². The van der Waals surface area contributed by atoms with Gasteiger partial charge in [-0.25, -0.2) is 4.79 Å². The van der Waals surface area contributed by atoms with Crippen LogP contribution >= 0.6 is 15.9 Å². The van der Waals surface area contributed by atoms with Crippen LogP contribution in [-0.2, 0) is 7.05 Å². The van der Waals surface area contributed by atoms with Crippen LogP contribution in [-0.4, -0.2) is 15.6 Å². The van der Waals surface area contributed by atoms with Crippen molar-refractivity contribution in [3.63, 3.8) is 0 Å². The standard InChI is InChI=1S/C8H10BrNO2/c1-4-6(8(11)12)7(9)5(2)10(4)3/h1-3H3,(H,11,12). The summed E-state index contributed by atoms with van der Waals surface area (Å²) in [5.41, 5.74) is 2.06. The van der Waals surface area contributed by atoms with Crippen LogP contribution in [0.15, 0.2) is 4.47 Å². The zero-order chi connectivity index (χ0) is 9.46. The number of carboxylic acids is 1. The van der Waals surface area contributed by atoms with Gasteiger partial charge in [-0.3, -0.25) is 0 Å². The second-order valence-corrected chi connectivity index (χ2v) is 3.52. The molecular formula is C8H10BrNO2. The molecule has 0 aliphatic rings. The zero-order valence-electron chi connectivity index (χ0n) is 7.18. The summed E-state index contributed by atoms with van der Waals surface area (Å²) in [4.78, 5) is 10.8. The fourth-order valence-electron chi connectivity index (χ4n) is 1.15. The Morgan fingerprint density at radius 2 is 1.92 bits per heavy atom. The van der Waals surface area contributed by atoms with Gasteiger partial charge in [0, 0.05) is 18.4 Å². The lowest BCUT2D eigenvalue weighted by molar-refractivity contribution is 0.0695. The van der Waals surface area contributed by atoms with E-state index < -0.39 is 5.97 Å². The molecule has 0 radical (unpaired) electrons. The summed E-state index contributed by atoms with van der Waals surface area (Å²) in [5, 5.41) is 8.84. The molecule has 1 N–H and O–H groups in total. The summed E-state index contributed by atoms with van der Waals surface area (Å²) in [7, 11) is 1.85. The van der Waals surface area contributed by atoms with E-state index in [1.54, 1.807) is 6.92 Å². The molecule has 0 spiro atoms. The van der Waals surface area contributed by atoms with Crippen molar-refractivity contribution in [1.29, 1.82) is 0 Å². The Morgan fingerprint density at radius 1 is 1.42 bits per heavy atom. The maximum absolute atomic E-state index is 10.8. The molecule has 0 amide bonds. The molecule has 0 saturated heterocycles. The molecule has 0 saturated carbocycles. The van der Waals surface area contributed by atoms with Gasteiger partial charge in [0.05, 0.1) is 10.0 Å². The first-order chi connectivity index (χ1) is 5.46. The molecule has 12 heavy (non-hydrogen) atoms. The second-order valence-electron chi connectivity index (χ2n) is 2.72. The van der Waals surface area contributed by atoms with Gasteiger partial charge in [0.2, 0.25) is 0 Å². The maximum Gasteiger partial charge on any atom is 0.338 e. The van der Waals surface area contributed by atoms with Crippen molar-refractivity contribution >= 4 is 21.9 Å². The fourth-order valence-corrected chi connectivity index (χ4v) is 1.88. The number of nitrogens with zero attached hydrogens (tertiary/aromatic N) is 1. The number of hydrogen-bond donors (Lipinski definition) is 1. The van der Waals surface area contributed by atoms with Crippen molar-refractivity contribution in [2.75, 3.05) is 0 Å². The topological polar surface area (TPSA) is 42.2 Å². The summed E-state index contributed by atoms with van der Waals surface area (Å²) in [6.45, 7) is 3.67. The van der Waals surface area contributed by atoms with Crippen LogP contribution in [0, 0.1) is 13.8 Å². The third-order valence-electron chi connectivity index (χ3n) is 2.12. The normalized spacial score (nSPS) is 10.3. The van der Waals surface area contributed by atoms with Crippen LogP contribution < -0.4 is 0 Å². The van der Waals surface area contributed by atoms with Crippen LogP contribution in [0.4, 0.5) is 0 Å². The first kappa shape index (κ1) is 9.32. The van der Waals surface area contributed by atoms with Crippen molar-refractivity contribution in [1.82, 2.24) is 4.57 Å². The minimum absolute atomic E-state index is 0.356. The van der Waals surface area contributed by atoms with E-state index in [0.29, 0.717) is 10.0 Å². The molecule has 0 aliphatic heterocycles. The third-order valence-corrected chi connectivity index (χ3v) is 3.09. The molecule has 0 atom stereocenters. The largest absolute Gasteiger partial charge is 0.478 e. The van der Waals surface area contributed by atoms with E-state index in [2.05, 4.69) is 15.9 Å². The lowest BCUT2D eigenvalue weighted by atomic mass is 10.2. The SMILES string of the molecule is Cc1c(Br)c(C(=O)O)c(C)n1C. The van der Waals surface area contributed by atoms with Gasteiger partial charge >= 0.3 is 5.97 Å². The molecule has 0 aliphatic carbocycles. The minimum Gasteiger partial charge on any atom is -0.478 e. The molecular weight excluding hydrogens is 222 g/mol. The predicted octanol–water partition coefficient (Wildman–Crippen LogP) is 2.10. The summed E-state index contributed by atoms with van der Waals surface area (Å²) < 4.78 is 2.53. The molecule has 0 fully saturated rings. The van der Waals surface area contributed by atoms with Gasteiger partial charge in [0.15, 0.2) is 0 Å². The van der Waals surface area contributed by atoms with Crippen molar-refractivity contribution in [2.24, 2.45) is 7.05 Å². The van der Waals surface area contributed by atoms with Gasteiger partial charge in [-0.2, -0.15) is 0 Å². The quantitative estimate of drug-likeness (QED) is 0.805. The molecule has 0 bridgehead atoms. The highest BCUT2D eigenvalue weighted by atomic mass is 79.9. The number of halogens is 1. The average molecular weight is 232 g/mol. The fraction of sp³-hybridized carbons (Fsp3) is 0.375. The van der Waals surface area contributed by atoms with E-state index in [1.807, 2.05) is 18.5 Å². The molecule has 0 unspecified atom stereocenters. The first-order valence-electron chi connectivity index (χ1n) is 3.51. The van der Waals surface area contributed by atoms with Crippen LogP contribution in [0.5, 0.6) is 0 Å². The summed E-state index contributed by atoms with van der Waals surface area (Å²) in [6.07, 6.45) is 0. The Hall–Kier alpha value is -0.770. The number of aromatic nitrogens is 1. The van der Waals surface area contributed by atoms with Crippen molar-refractivity contribution in [3.05, 3.63) is 21.4 Å². The van der Waals surface area contributed by atoms with E-state index in [-0.39, 0.29) is 0 Å². The molecule has 1 heterocycles. The van der Waals surface area contributed by atoms with Gasteiger partial charge in [-0.15, -0.1) is 0 Å². The number of aromatic carboxylic acids is 1. The van der Waals surface area contributed by atoms with Gasteiger partial charge in [-0.1, -0.05) is 0 Å². The average Bonchev–Trinajstić information content (AvgIpc) is 2.16. The van der Waals surface area contributed by atoms with Gasteiger partial charge in [0.25, 0.3) is 0 Å². The van der Waals surface area contributed by atoms with Gasteiger partial charge < -0.3 is 9.67 Å². The van der Waals surface area contributed by atoms with Crippen LogP contribution in [0.3, 0.4) is 0 Å². The van der Waals surface area contributed by atoms with Gasteiger partial charge in [0.1, 0.15) is 0 Å². The Labute approximate surface area is 79.1 Å². The molecule has 1 aromatic rings. The Kier molecular flexibility index (Phi) is 2.28. The van der Waals surface area contributed by atoms with Crippen LogP contribution in [0.25, 0.3) is 0 Å². The Bertz CT molecular complexity index is 316. The van der Waals surface area contributed by atoms with Crippen LogP contribution in [0.2, 0.25) is 0 Å². The molecule has 66 valence electrons. The highest BCUT2D eigenvalue weighted by molar-refractivity contribution is 9.10. The zero-order valence-corrected chi connectivity index (χ0v) is 8.77. The van der Waals surface area contributed by atoms with Crippen molar-refractivity contribution in [3.8, 4) is 0 Å². The lowest BCUT2D eigenvalue weighted by Crippen LogP contribution is -1.99. The molecule has 1 aromatic heterocycles. The maximum atomic E-state index is 10.8. The molecule has 4 heteroatoms.